The van der Waals surface area contributed by atoms with Crippen molar-refractivity contribution in [1.82, 2.24) is 15.0 Å². The number of rotatable bonds is 7. The summed E-state index contributed by atoms with van der Waals surface area (Å²) in [5, 5.41) is 2.79. The molecule has 0 saturated carbocycles. The second kappa shape index (κ2) is 8.03. The highest BCUT2D eigenvalue weighted by atomic mass is 32.2. The Bertz CT molecular complexity index is 772. The van der Waals surface area contributed by atoms with E-state index >= 15 is 0 Å². The molecule has 0 saturated heterocycles. The van der Waals surface area contributed by atoms with E-state index in [1.807, 2.05) is 13.8 Å². The van der Waals surface area contributed by atoms with Crippen molar-refractivity contribution in [3.63, 3.8) is 0 Å². The Morgan fingerprint density at radius 1 is 1.17 bits per heavy atom. The summed E-state index contributed by atoms with van der Waals surface area (Å²) in [6.45, 7) is 4.74. The molecule has 0 fully saturated rings. The van der Waals surface area contributed by atoms with E-state index in [0.29, 0.717) is 18.0 Å². The van der Waals surface area contributed by atoms with Gasteiger partial charge in [0, 0.05) is 31.0 Å². The molecule has 7 heteroatoms. The van der Waals surface area contributed by atoms with E-state index in [1.165, 1.54) is 24.3 Å². The van der Waals surface area contributed by atoms with Crippen molar-refractivity contribution < 1.29 is 13.2 Å². The number of pyridine rings is 1. The molecular formula is C17H21N3O3S. The molecular weight excluding hydrogens is 326 g/mol. The van der Waals surface area contributed by atoms with Gasteiger partial charge >= 0.3 is 0 Å². The van der Waals surface area contributed by atoms with E-state index in [4.69, 9.17) is 0 Å². The van der Waals surface area contributed by atoms with E-state index in [9.17, 15) is 13.2 Å². The molecule has 1 amide bonds. The molecule has 2 rings (SSSR count). The maximum absolute atomic E-state index is 12.3. The average Bonchev–Trinajstić information content (AvgIpc) is 2.59. The lowest BCUT2D eigenvalue weighted by Gasteiger charge is -2.09. The van der Waals surface area contributed by atoms with Crippen LogP contribution in [-0.2, 0) is 16.6 Å². The summed E-state index contributed by atoms with van der Waals surface area (Å²) in [5.41, 5.74) is 1.20. The fourth-order valence-electron chi connectivity index (χ4n) is 1.95. The summed E-state index contributed by atoms with van der Waals surface area (Å²) >= 11 is 0. The van der Waals surface area contributed by atoms with Gasteiger partial charge in [0.15, 0.2) is 0 Å². The minimum absolute atomic E-state index is 0.117. The van der Waals surface area contributed by atoms with Gasteiger partial charge in [-0.2, -0.15) is 0 Å². The Hall–Kier alpha value is -2.25. The van der Waals surface area contributed by atoms with Gasteiger partial charge < -0.3 is 5.32 Å². The SMILES string of the molecule is CC(C)CNC(=O)c1ccc(S(=O)(=O)NCc2cccnc2)cc1. The van der Waals surface area contributed by atoms with Crippen molar-refractivity contribution in [2.45, 2.75) is 25.3 Å². The van der Waals surface area contributed by atoms with E-state index in [0.717, 1.165) is 5.56 Å². The zero-order chi connectivity index (χ0) is 17.6. The van der Waals surface area contributed by atoms with Crippen molar-refractivity contribution in [1.29, 1.82) is 0 Å². The molecule has 0 radical (unpaired) electrons. The molecule has 0 unspecified atom stereocenters. The minimum atomic E-state index is -3.64. The molecule has 0 aliphatic heterocycles. The zero-order valence-corrected chi connectivity index (χ0v) is 14.5. The third-order valence-electron chi connectivity index (χ3n) is 3.29. The number of nitrogens with one attached hydrogen (secondary N) is 2. The molecule has 1 aromatic carbocycles. The van der Waals surface area contributed by atoms with Crippen LogP contribution in [0, 0.1) is 5.92 Å². The van der Waals surface area contributed by atoms with Gasteiger partial charge in [-0.3, -0.25) is 9.78 Å². The van der Waals surface area contributed by atoms with E-state index < -0.39 is 10.0 Å². The predicted octanol–water partition coefficient (Wildman–Crippen LogP) is 1.95. The number of nitrogens with zero attached hydrogens (tertiary/aromatic N) is 1. The summed E-state index contributed by atoms with van der Waals surface area (Å²) in [5.74, 6) is 0.140. The molecule has 2 aromatic rings. The van der Waals surface area contributed by atoms with Gasteiger partial charge in [-0.1, -0.05) is 19.9 Å². The summed E-state index contributed by atoms with van der Waals surface area (Å²) in [6.07, 6.45) is 3.23. The molecule has 1 heterocycles. The number of carbonyl (C=O) groups excluding carboxylic acids is 1. The second-order valence-corrected chi connectivity index (χ2v) is 7.58. The fourth-order valence-corrected chi connectivity index (χ4v) is 2.97. The van der Waals surface area contributed by atoms with Crippen molar-refractivity contribution in [3.05, 3.63) is 59.9 Å². The van der Waals surface area contributed by atoms with Crippen LogP contribution in [0.4, 0.5) is 0 Å². The first-order chi connectivity index (χ1) is 11.4. The first-order valence-corrected chi connectivity index (χ1v) is 9.13. The molecule has 6 nitrogen and oxygen atoms in total. The van der Waals surface area contributed by atoms with Crippen LogP contribution in [-0.4, -0.2) is 25.9 Å². The largest absolute Gasteiger partial charge is 0.352 e. The zero-order valence-electron chi connectivity index (χ0n) is 13.7. The number of aromatic nitrogens is 1. The Morgan fingerprint density at radius 3 is 2.46 bits per heavy atom. The van der Waals surface area contributed by atoms with Crippen LogP contribution < -0.4 is 10.0 Å². The maximum atomic E-state index is 12.3. The molecule has 1 aromatic heterocycles. The average molecular weight is 347 g/mol. The van der Waals surface area contributed by atoms with Crippen molar-refractivity contribution in [2.75, 3.05) is 6.54 Å². The highest BCUT2D eigenvalue weighted by Gasteiger charge is 2.15. The number of amides is 1. The lowest BCUT2D eigenvalue weighted by atomic mass is 10.2. The monoisotopic (exact) mass is 347 g/mol. The maximum Gasteiger partial charge on any atom is 0.251 e. The number of carbonyl (C=O) groups is 1. The number of hydrogen-bond acceptors (Lipinski definition) is 4. The quantitative estimate of drug-likeness (QED) is 0.801. The Balaban J connectivity index is 2.02. The summed E-state index contributed by atoms with van der Waals surface area (Å²) in [7, 11) is -3.64. The number of sulfonamides is 1. The molecule has 0 atom stereocenters. The normalized spacial score (nSPS) is 11.5. The van der Waals surface area contributed by atoms with Gasteiger partial charge in [0.1, 0.15) is 0 Å². The lowest BCUT2D eigenvalue weighted by molar-refractivity contribution is 0.0949. The number of hydrogen-bond donors (Lipinski definition) is 2. The van der Waals surface area contributed by atoms with Gasteiger partial charge in [-0.05, 0) is 41.8 Å². The van der Waals surface area contributed by atoms with Crippen molar-refractivity contribution in [2.24, 2.45) is 5.92 Å². The molecule has 2 N–H and O–H groups in total. The van der Waals surface area contributed by atoms with Crippen LogP contribution in [0.25, 0.3) is 0 Å². The highest BCUT2D eigenvalue weighted by molar-refractivity contribution is 7.89. The standard InChI is InChI=1S/C17H21N3O3S/c1-13(2)10-19-17(21)15-5-7-16(8-6-15)24(22,23)20-12-14-4-3-9-18-11-14/h3-9,11,13,20H,10,12H2,1-2H3,(H,19,21). The molecule has 128 valence electrons. The van der Waals surface area contributed by atoms with E-state index in [2.05, 4.69) is 15.0 Å². The van der Waals surface area contributed by atoms with Crippen molar-refractivity contribution in [3.8, 4) is 0 Å². The fraction of sp³-hybridized carbons (Fsp3) is 0.294. The van der Waals surface area contributed by atoms with Crippen LogP contribution in [0.2, 0.25) is 0 Å². The molecule has 0 aliphatic rings. The third-order valence-corrected chi connectivity index (χ3v) is 4.70. The Morgan fingerprint density at radius 2 is 1.88 bits per heavy atom. The van der Waals surface area contributed by atoms with E-state index in [-0.39, 0.29) is 17.3 Å². The Kier molecular flexibility index (Phi) is 6.05. The smallest absolute Gasteiger partial charge is 0.251 e. The van der Waals surface area contributed by atoms with Crippen LogP contribution in [0.5, 0.6) is 0 Å². The highest BCUT2D eigenvalue weighted by Crippen LogP contribution is 2.11. The first-order valence-electron chi connectivity index (χ1n) is 7.65. The van der Waals surface area contributed by atoms with Crippen molar-refractivity contribution >= 4 is 15.9 Å². The molecule has 0 bridgehead atoms. The van der Waals surface area contributed by atoms with Gasteiger partial charge in [-0.15, -0.1) is 0 Å². The van der Waals surface area contributed by atoms with Gasteiger partial charge in [0.2, 0.25) is 10.0 Å². The topological polar surface area (TPSA) is 88.2 Å². The molecule has 24 heavy (non-hydrogen) atoms. The molecule has 0 spiro atoms. The third kappa shape index (κ3) is 5.14. The summed E-state index contributed by atoms with van der Waals surface area (Å²) < 4.78 is 27.1. The van der Waals surface area contributed by atoms with Gasteiger partial charge in [0.05, 0.1) is 4.90 Å². The number of benzene rings is 1. The van der Waals surface area contributed by atoms with Crippen LogP contribution in [0.3, 0.4) is 0 Å². The summed E-state index contributed by atoms with van der Waals surface area (Å²) in [4.78, 5) is 16.0. The predicted molar refractivity (Wildman–Crippen MR) is 91.9 cm³/mol. The van der Waals surface area contributed by atoms with Gasteiger partial charge in [0.25, 0.3) is 5.91 Å². The van der Waals surface area contributed by atoms with E-state index in [1.54, 1.807) is 24.5 Å². The Labute approximate surface area is 142 Å². The first kappa shape index (κ1) is 18.1. The molecule has 0 aliphatic carbocycles. The second-order valence-electron chi connectivity index (χ2n) is 5.81. The minimum Gasteiger partial charge on any atom is -0.352 e. The summed E-state index contributed by atoms with van der Waals surface area (Å²) in [6, 6.07) is 9.40. The van der Waals surface area contributed by atoms with Crippen LogP contribution in [0.1, 0.15) is 29.8 Å². The van der Waals surface area contributed by atoms with Crippen LogP contribution in [0.15, 0.2) is 53.7 Å². The van der Waals surface area contributed by atoms with Crippen LogP contribution >= 0.6 is 0 Å². The van der Waals surface area contributed by atoms with Gasteiger partial charge in [-0.25, -0.2) is 13.1 Å². The lowest BCUT2D eigenvalue weighted by Crippen LogP contribution is -2.27.